The Morgan fingerprint density at radius 2 is 1.47 bits per heavy atom. The van der Waals surface area contributed by atoms with Crippen LogP contribution in [0, 0.1) is 0 Å². The second-order valence-corrected chi connectivity index (χ2v) is 15.4. The molecule has 0 amide bonds. The summed E-state index contributed by atoms with van der Waals surface area (Å²) in [5, 5.41) is 18.9. The molecule has 0 aliphatic rings. The van der Waals surface area contributed by atoms with Gasteiger partial charge in [0.1, 0.15) is 9.83 Å². The maximum Gasteiger partial charge on any atom is 0.231 e. The third-order valence-corrected chi connectivity index (χ3v) is 10.5. The van der Waals surface area contributed by atoms with Crippen molar-refractivity contribution in [3.8, 4) is 0 Å². The Labute approximate surface area is 221 Å². The Balaban J connectivity index is 1.36. The molecule has 2 aromatic heterocycles. The Morgan fingerprint density at radius 1 is 0.833 bits per heavy atom. The third-order valence-electron chi connectivity index (χ3n) is 5.98. The normalized spacial score (nSPS) is 12.4. The van der Waals surface area contributed by atoms with E-state index in [1.54, 1.807) is 0 Å². The van der Waals surface area contributed by atoms with Crippen molar-refractivity contribution in [3.63, 3.8) is 0 Å². The van der Waals surface area contributed by atoms with Crippen molar-refractivity contribution in [3.05, 3.63) is 60.2 Å². The number of thiophene rings is 1. The highest BCUT2D eigenvalue weighted by molar-refractivity contribution is 7.30. The molecule has 0 atom stereocenters. The Kier molecular flexibility index (Phi) is 8.73. The maximum atomic E-state index is 6.10. The van der Waals surface area contributed by atoms with Crippen LogP contribution in [0.2, 0.25) is 19.1 Å². The molecular formula is C26H32N6OS2Si. The van der Waals surface area contributed by atoms with Crippen LogP contribution < -0.4 is 4.90 Å². The number of rotatable bonds is 11. The minimum absolute atomic E-state index is 0.639. The second kappa shape index (κ2) is 12.0. The number of thiazole rings is 1. The van der Waals surface area contributed by atoms with Crippen molar-refractivity contribution < 1.29 is 4.43 Å². The summed E-state index contributed by atoms with van der Waals surface area (Å²) < 4.78 is 7.13. The summed E-state index contributed by atoms with van der Waals surface area (Å²) in [4.78, 5) is 7.79. The smallest absolute Gasteiger partial charge is 0.231 e. The van der Waals surface area contributed by atoms with Crippen molar-refractivity contribution in [2.24, 2.45) is 20.5 Å². The lowest BCUT2D eigenvalue weighted by Crippen LogP contribution is -2.28. The first-order valence-corrected chi connectivity index (χ1v) is 17.0. The molecule has 0 aliphatic heterocycles. The van der Waals surface area contributed by atoms with Gasteiger partial charge in [-0.15, -0.1) is 20.5 Å². The van der Waals surface area contributed by atoms with E-state index in [0.29, 0.717) is 11.7 Å². The molecule has 0 saturated heterocycles. The lowest BCUT2D eigenvalue weighted by molar-refractivity contribution is 0.295. The van der Waals surface area contributed by atoms with Gasteiger partial charge in [-0.05, 0) is 81.0 Å². The summed E-state index contributed by atoms with van der Waals surface area (Å²) in [5.74, 6) is 0. The lowest BCUT2D eigenvalue weighted by Gasteiger charge is -2.20. The third kappa shape index (κ3) is 6.91. The Morgan fingerprint density at radius 3 is 2.08 bits per heavy atom. The van der Waals surface area contributed by atoms with E-state index in [1.807, 2.05) is 30.3 Å². The van der Waals surface area contributed by atoms with Crippen molar-refractivity contribution in [1.29, 1.82) is 0 Å². The van der Waals surface area contributed by atoms with Crippen LogP contribution >= 0.6 is 22.7 Å². The fourth-order valence-electron chi connectivity index (χ4n) is 3.37. The zero-order chi connectivity index (χ0) is 25.5. The van der Waals surface area contributed by atoms with Crippen LogP contribution in [-0.2, 0) is 11.0 Å². The van der Waals surface area contributed by atoms with E-state index in [9.17, 15) is 0 Å². The predicted molar refractivity (Wildman–Crippen MR) is 155 cm³/mol. The number of aromatic nitrogens is 1. The maximum absolute atomic E-state index is 6.10. The first-order chi connectivity index (χ1) is 17.4. The molecule has 2 aromatic carbocycles. The highest BCUT2D eigenvalue weighted by Gasteiger charge is 2.19. The van der Waals surface area contributed by atoms with Gasteiger partial charge < -0.3 is 9.33 Å². The summed E-state index contributed by atoms with van der Waals surface area (Å²) in [6, 6.07) is 19.3. The molecule has 0 bridgehead atoms. The SMILES string of the molecule is CCN(CC)c1ccc(N=Nc2nc3sc(N=Nc4ccc(CO[Si](C)(C)CC)cc4)cc3s2)cc1. The van der Waals surface area contributed by atoms with E-state index in [1.165, 1.54) is 28.4 Å². The van der Waals surface area contributed by atoms with Gasteiger partial charge in [-0.1, -0.05) is 41.7 Å². The van der Waals surface area contributed by atoms with Crippen molar-refractivity contribution >= 4 is 67.7 Å². The van der Waals surface area contributed by atoms with Gasteiger partial charge in [0.05, 0.1) is 22.7 Å². The largest absolute Gasteiger partial charge is 0.413 e. The van der Waals surface area contributed by atoms with Gasteiger partial charge in [0.15, 0.2) is 8.32 Å². The summed E-state index contributed by atoms with van der Waals surface area (Å²) >= 11 is 3.01. The van der Waals surface area contributed by atoms with Crippen LogP contribution in [0.5, 0.6) is 0 Å². The average Bonchev–Trinajstić information content (AvgIpc) is 3.46. The van der Waals surface area contributed by atoms with E-state index in [-0.39, 0.29) is 0 Å². The van der Waals surface area contributed by atoms with Crippen molar-refractivity contribution in [2.75, 3.05) is 18.0 Å². The van der Waals surface area contributed by atoms with Gasteiger partial charge in [0.25, 0.3) is 0 Å². The van der Waals surface area contributed by atoms with Crippen LogP contribution in [0.1, 0.15) is 26.3 Å². The van der Waals surface area contributed by atoms with E-state index >= 15 is 0 Å². The fourth-order valence-corrected chi connectivity index (χ4v) is 5.98. The molecule has 0 saturated carbocycles. The van der Waals surface area contributed by atoms with Crippen molar-refractivity contribution in [1.82, 2.24) is 4.98 Å². The first-order valence-electron chi connectivity index (χ1n) is 12.2. The molecule has 0 N–H and O–H groups in total. The van der Waals surface area contributed by atoms with E-state index in [2.05, 4.69) is 88.5 Å². The van der Waals surface area contributed by atoms with Gasteiger partial charge in [-0.2, -0.15) is 0 Å². The van der Waals surface area contributed by atoms with Crippen LogP contribution in [0.25, 0.3) is 9.53 Å². The minimum Gasteiger partial charge on any atom is -0.413 e. The molecule has 36 heavy (non-hydrogen) atoms. The molecule has 4 rings (SSSR count). The molecule has 0 fully saturated rings. The monoisotopic (exact) mass is 536 g/mol. The summed E-state index contributed by atoms with van der Waals surface area (Å²) in [7, 11) is -1.54. The highest BCUT2D eigenvalue weighted by atomic mass is 32.1. The topological polar surface area (TPSA) is 74.8 Å². The molecule has 188 valence electrons. The number of hydrogen-bond acceptors (Lipinski definition) is 9. The quantitative estimate of drug-likeness (QED) is 0.141. The minimum atomic E-state index is -1.54. The summed E-state index contributed by atoms with van der Waals surface area (Å²) in [5.41, 5.74) is 3.98. The molecule has 0 radical (unpaired) electrons. The molecule has 0 spiro atoms. The van der Waals surface area contributed by atoms with Gasteiger partial charge in [-0.3, -0.25) is 0 Å². The predicted octanol–water partition coefficient (Wildman–Crippen LogP) is 9.78. The van der Waals surface area contributed by atoms with E-state index < -0.39 is 8.32 Å². The number of anilines is 1. The van der Waals surface area contributed by atoms with E-state index in [0.717, 1.165) is 50.6 Å². The van der Waals surface area contributed by atoms with Crippen LogP contribution in [-0.4, -0.2) is 26.4 Å². The molecular weight excluding hydrogens is 505 g/mol. The van der Waals surface area contributed by atoms with Crippen LogP contribution in [0.4, 0.5) is 27.2 Å². The zero-order valence-corrected chi connectivity index (χ0v) is 24.1. The number of nitrogens with zero attached hydrogens (tertiary/aromatic N) is 6. The van der Waals surface area contributed by atoms with Gasteiger partial charge >= 0.3 is 0 Å². The average molecular weight is 537 g/mol. The highest BCUT2D eigenvalue weighted by Crippen LogP contribution is 2.39. The van der Waals surface area contributed by atoms with Gasteiger partial charge in [0.2, 0.25) is 5.13 Å². The fraction of sp³-hybridized carbons (Fsp3) is 0.346. The molecule has 10 heteroatoms. The summed E-state index contributed by atoms with van der Waals surface area (Å²) in [6.45, 7) is 13.6. The lowest BCUT2D eigenvalue weighted by atomic mass is 10.2. The number of benzene rings is 2. The number of hydrogen-bond donors (Lipinski definition) is 0. The van der Waals surface area contributed by atoms with E-state index in [4.69, 9.17) is 4.43 Å². The molecule has 0 unspecified atom stereocenters. The Hall–Kier alpha value is -2.79. The van der Waals surface area contributed by atoms with Crippen LogP contribution in [0.15, 0.2) is 75.1 Å². The second-order valence-electron chi connectivity index (χ2n) is 8.91. The number of azo groups is 2. The standard InChI is InChI=1S/C26H32N6OS2Si/c1-6-32(7-2)22-15-13-21(14-16-22)29-31-26-27-25-23(34-26)17-24(35-25)30-28-20-11-9-19(10-12-20)18-33-36(4,5)8-3/h9-17H,6-8,18H2,1-5H3. The molecule has 0 aliphatic carbocycles. The van der Waals surface area contributed by atoms with Crippen LogP contribution in [0.3, 0.4) is 0 Å². The first kappa shape index (κ1) is 26.3. The number of fused-ring (bicyclic) bond motifs is 1. The summed E-state index contributed by atoms with van der Waals surface area (Å²) in [6.07, 6.45) is 0. The molecule has 4 aromatic rings. The van der Waals surface area contributed by atoms with Gasteiger partial charge in [0, 0.05) is 18.8 Å². The van der Waals surface area contributed by atoms with Gasteiger partial charge in [-0.25, -0.2) is 4.98 Å². The molecule has 2 heterocycles. The zero-order valence-electron chi connectivity index (χ0n) is 21.4. The van der Waals surface area contributed by atoms with Crippen molar-refractivity contribution in [2.45, 2.75) is 46.5 Å². The Bertz CT molecular complexity index is 1290. The molecule has 7 nitrogen and oxygen atoms in total.